The third kappa shape index (κ3) is 56.7. The second-order valence-corrected chi connectivity index (χ2v) is 38.8. The average molecular weight is 1950 g/mol. The highest BCUT2D eigenvalue weighted by molar-refractivity contribution is 6.31. The van der Waals surface area contributed by atoms with Gasteiger partial charge in [0.05, 0.1) is 0 Å². The topological polar surface area (TPSA) is 51.6 Å². The van der Waals surface area contributed by atoms with Crippen molar-refractivity contribution >= 4 is 11.6 Å². The molecule has 4 nitrogen and oxygen atoms in total. The van der Waals surface area contributed by atoms with Gasteiger partial charge in [-0.3, -0.25) is 15.0 Å². The summed E-state index contributed by atoms with van der Waals surface area (Å²) in [4.78, 5) is 15.9. The fourth-order valence-corrected chi connectivity index (χ4v) is 13.0. The second-order valence-electron chi connectivity index (χ2n) is 38.4. The fourth-order valence-electron chi connectivity index (χ4n) is 12.6. The van der Waals surface area contributed by atoms with Crippen LogP contribution < -0.4 is 0 Å². The van der Waals surface area contributed by atoms with Gasteiger partial charge >= 0.3 is 0 Å². The maximum absolute atomic E-state index is 13.0. The van der Waals surface area contributed by atoms with Crippen molar-refractivity contribution < 1.29 is 35.1 Å². The standard InChI is InChI=1S/3C10H14.C9H10ClF.2C9H10F2.2C9H11F.C9H13N.2C9H12.C8H10FN.2C8H11N.2CH4/c2*1-8(2)10-6-4-9(3)5-7-10;1-8(2)10-6-4-5-9(3)7-10;2*1-6(2)9-7(10)4-3-5-8(9)11;1-6(2)7-4-3-5-8(10)9(7)11;1-7(2)8-4-3-5-9(10)6-8;1-7(2)8-5-3-4-6-9(8)10;1-7(2)9-5-4-8(3)10-6-9;2*1-8(2)9-6-4-3-5-7-9;1-6(2)7-4-3-5-10-8(7)9;1-7(2)8-4-3-5-9-6-8;1-7(2)8-5-3-4-6-9-8;;/h3*4-8H,1-3H3;3*3-6H,1-2H3;2*3-7H,1-2H3;4-7H,1-3H3;2*3-8H,1-2H3;3-6H,1-2H3;2*3-7H,1-2H3;2*1H4. The molecule has 4 aromatic heterocycles. The van der Waals surface area contributed by atoms with E-state index in [0.29, 0.717) is 75.0 Å². The van der Waals surface area contributed by atoms with Gasteiger partial charge in [0.15, 0.2) is 11.6 Å². The van der Waals surface area contributed by atoms with Crippen LogP contribution in [0.15, 0.2) is 322 Å². The number of benzene rings is 10. The third-order valence-electron chi connectivity index (χ3n) is 21.6. The number of hydrogen-bond donors (Lipinski definition) is 0. The Hall–Kier alpha value is -11.5. The predicted molar refractivity (Wildman–Crippen MR) is 596 cm³/mol. The van der Waals surface area contributed by atoms with Gasteiger partial charge in [-0.2, -0.15) is 4.39 Å². The summed E-state index contributed by atoms with van der Waals surface area (Å²) in [7, 11) is 0. The maximum Gasteiger partial charge on any atom is 0.216 e. The Morgan fingerprint density at radius 3 is 0.865 bits per heavy atom. The smallest absolute Gasteiger partial charge is 0.216 e. The Bertz CT molecular complexity index is 5020. The molecule has 10 aromatic carbocycles. The van der Waals surface area contributed by atoms with E-state index >= 15 is 0 Å². The predicted octanol–water partition coefficient (Wildman–Crippen LogP) is 41.2. The molecule has 0 aliphatic heterocycles. The van der Waals surface area contributed by atoms with Crippen LogP contribution in [0.25, 0.3) is 0 Å². The Labute approximate surface area is 854 Å². The van der Waals surface area contributed by atoms with Crippen LogP contribution in [0.2, 0.25) is 5.02 Å². The SMILES string of the molecule is C.C.CC(C)c1c(F)cccc1Cl.CC(C)c1c(F)cccc1F.CC(C)c1cccc(F)c1.CC(C)c1cccc(F)c1F.CC(C)c1ccccc1.CC(C)c1ccccc1.CC(C)c1ccccc1F.CC(C)c1ccccn1.CC(C)c1cccnc1.CC(C)c1cccnc1F.Cc1ccc(C(C)C)cc1.Cc1ccc(C(C)C)cc1.Cc1ccc(C(C)C)cn1.Cc1cccc(C(C)C)c1. The molecule has 0 aliphatic rings. The lowest BCUT2D eigenvalue weighted by molar-refractivity contribution is 0.494. The monoisotopic (exact) mass is 1950 g/mol. The summed E-state index contributed by atoms with van der Waals surface area (Å²) in [5, 5.41) is 0.514. The zero-order valence-corrected chi connectivity index (χ0v) is 90.1. The lowest BCUT2D eigenvalue weighted by Crippen LogP contribution is -1.96. The normalized spacial score (nSPS) is 10.2. The molecule has 0 radical (unpaired) electrons. The van der Waals surface area contributed by atoms with Crippen LogP contribution >= 0.6 is 11.6 Å². The van der Waals surface area contributed by atoms with Crippen molar-refractivity contribution in [1.82, 2.24) is 19.9 Å². The zero-order valence-electron chi connectivity index (χ0n) is 89.4. The van der Waals surface area contributed by atoms with Crippen molar-refractivity contribution in [1.29, 1.82) is 0 Å². The number of aromatic nitrogens is 4. The molecule has 0 aliphatic carbocycles. The number of pyridine rings is 4. The van der Waals surface area contributed by atoms with E-state index in [9.17, 15) is 35.1 Å². The van der Waals surface area contributed by atoms with Gasteiger partial charge < -0.3 is 0 Å². The number of hydrogen-bond acceptors (Lipinski definition) is 4. The summed E-state index contributed by atoms with van der Waals surface area (Å²) >= 11 is 5.78. The largest absolute Gasteiger partial charge is 0.264 e. The van der Waals surface area contributed by atoms with Crippen molar-refractivity contribution in [3.63, 3.8) is 0 Å². The third-order valence-corrected chi connectivity index (χ3v) is 21.9. The quantitative estimate of drug-likeness (QED) is 0.0804. The van der Waals surface area contributed by atoms with Crippen LogP contribution in [0.4, 0.5) is 35.1 Å². The lowest BCUT2D eigenvalue weighted by Gasteiger charge is -2.07. The Kier molecular flexibility index (Phi) is 68.7. The second kappa shape index (κ2) is 73.6. The molecule has 0 saturated carbocycles. The molecule has 0 N–H and O–H groups in total. The van der Waals surface area contributed by atoms with Crippen molar-refractivity contribution in [3.8, 4) is 0 Å². The van der Waals surface area contributed by atoms with Crippen LogP contribution in [-0.4, -0.2) is 19.9 Å². The molecule has 14 rings (SSSR count). The molecule has 4 heterocycles. The number of halogens is 9. The first-order valence-electron chi connectivity index (χ1n) is 49.0. The van der Waals surface area contributed by atoms with E-state index in [1.165, 1.54) is 104 Å². The molecular weight excluding hydrogens is 1780 g/mol. The van der Waals surface area contributed by atoms with E-state index < -0.39 is 23.3 Å². The molecule has 14 aromatic rings. The highest BCUT2D eigenvalue weighted by atomic mass is 35.5. The van der Waals surface area contributed by atoms with Gasteiger partial charge in [0.25, 0.3) is 0 Å². The van der Waals surface area contributed by atoms with Gasteiger partial charge in [0.1, 0.15) is 29.1 Å². The van der Waals surface area contributed by atoms with Crippen molar-refractivity contribution in [3.05, 3.63) is 474 Å². The van der Waals surface area contributed by atoms with Crippen molar-refractivity contribution in [2.24, 2.45) is 0 Å². The molecule has 0 unspecified atom stereocenters. The summed E-state index contributed by atoms with van der Waals surface area (Å²) < 4.78 is 102. The average Bonchev–Trinajstić information content (AvgIpc) is 0.860. The van der Waals surface area contributed by atoms with Crippen LogP contribution in [0.3, 0.4) is 0 Å². The Balaban J connectivity index is 0. The van der Waals surface area contributed by atoms with E-state index in [1.54, 1.807) is 68.6 Å². The molecule has 766 valence electrons. The first-order valence-corrected chi connectivity index (χ1v) is 49.4. The van der Waals surface area contributed by atoms with Crippen LogP contribution in [0, 0.1) is 74.4 Å². The number of aryl methyl sites for hydroxylation is 4. The van der Waals surface area contributed by atoms with Gasteiger partial charge in [0.2, 0.25) is 5.95 Å². The molecule has 0 saturated heterocycles. The van der Waals surface area contributed by atoms with Gasteiger partial charge in [-0.15, -0.1) is 0 Å². The van der Waals surface area contributed by atoms with Gasteiger partial charge in [-0.1, -0.05) is 449 Å². The first kappa shape index (κ1) is 132. The highest BCUT2D eigenvalue weighted by Crippen LogP contribution is 2.29. The summed E-state index contributed by atoms with van der Waals surface area (Å²) in [5.74, 6) is 2.78. The van der Waals surface area contributed by atoms with E-state index in [-0.39, 0.29) is 73.4 Å². The Morgan fingerprint density at radius 2 is 0.560 bits per heavy atom. The maximum atomic E-state index is 13.0. The number of nitrogens with zero attached hydrogens (tertiary/aromatic N) is 4. The fraction of sp³-hybridized carbons (Fsp3) is 0.375. The minimum Gasteiger partial charge on any atom is -0.264 e. The van der Waals surface area contributed by atoms with E-state index in [4.69, 9.17) is 11.6 Å². The van der Waals surface area contributed by atoms with Crippen molar-refractivity contribution in [2.45, 2.75) is 319 Å². The summed E-state index contributed by atoms with van der Waals surface area (Å²) in [6.07, 6.45) is 8.94. The van der Waals surface area contributed by atoms with Crippen LogP contribution in [-0.2, 0) is 0 Å². The molecule has 0 bridgehead atoms. The minimum atomic E-state index is -0.767. The van der Waals surface area contributed by atoms with E-state index in [2.05, 4.69) is 305 Å². The molecule has 0 spiro atoms. The van der Waals surface area contributed by atoms with Crippen LogP contribution in [0.5, 0.6) is 0 Å². The van der Waals surface area contributed by atoms with E-state index in [0.717, 1.165) is 28.6 Å². The summed E-state index contributed by atoms with van der Waals surface area (Å²) in [5.41, 5.74) is 19.7. The van der Waals surface area contributed by atoms with Gasteiger partial charge in [-0.25, -0.2) is 35.7 Å². The molecule has 141 heavy (non-hydrogen) atoms. The van der Waals surface area contributed by atoms with Crippen molar-refractivity contribution in [2.75, 3.05) is 0 Å². The number of rotatable bonds is 14. The molecule has 0 fully saturated rings. The first-order chi connectivity index (χ1) is 65.5. The lowest BCUT2D eigenvalue weighted by atomic mass is 10.0. The van der Waals surface area contributed by atoms with E-state index in [1.807, 2.05) is 136 Å². The van der Waals surface area contributed by atoms with Crippen LogP contribution in [0.1, 0.15) is 392 Å². The molecule has 13 heteroatoms. The molecular formula is C128H171ClF8N4. The van der Waals surface area contributed by atoms with Gasteiger partial charge in [-0.05, 0) is 245 Å². The molecule has 0 atom stereocenters. The highest BCUT2D eigenvalue weighted by Gasteiger charge is 2.14. The summed E-state index contributed by atoms with van der Waals surface area (Å²) in [6.45, 7) is 66.4. The van der Waals surface area contributed by atoms with Gasteiger partial charge in [0, 0.05) is 64.1 Å². The molecule has 0 amide bonds. The Morgan fingerprint density at radius 1 is 0.220 bits per heavy atom. The zero-order chi connectivity index (χ0) is 105. The minimum absolute atomic E-state index is 0. The summed E-state index contributed by atoms with van der Waals surface area (Å²) in [6, 6.07) is 91.4.